The average molecular weight is 644 g/mol. The third kappa shape index (κ3) is 8.33. The van der Waals surface area contributed by atoms with Gasteiger partial charge in [-0.2, -0.15) is 10.2 Å². The number of ether oxygens (including phenoxy) is 2. The lowest BCUT2D eigenvalue weighted by molar-refractivity contribution is 0.0429. The Morgan fingerprint density at radius 3 is 2.11 bits per heavy atom. The molecular weight excluding hydrogens is 605 g/mol. The van der Waals surface area contributed by atoms with Crippen molar-refractivity contribution in [3.63, 3.8) is 0 Å². The molecule has 1 atom stereocenters. The fourth-order valence-electron chi connectivity index (χ4n) is 4.22. The molecule has 0 spiro atoms. The van der Waals surface area contributed by atoms with Crippen LogP contribution in [0.3, 0.4) is 0 Å². The van der Waals surface area contributed by atoms with Gasteiger partial charge in [-0.1, -0.05) is 29.4 Å². The van der Waals surface area contributed by atoms with Gasteiger partial charge in [0.25, 0.3) is 0 Å². The first-order chi connectivity index (χ1) is 21.9. The second-order valence-electron chi connectivity index (χ2n) is 13.3. The normalized spacial score (nSPS) is 12.6. The Bertz CT molecular complexity index is 1770. The number of carbonyl (C=O) groups excluding carboxylic acids is 2. The summed E-state index contributed by atoms with van der Waals surface area (Å²) in [6.07, 6.45) is 0.842. The molecule has 2 amide bonds. The number of rotatable bonds is 7. The molecule has 246 valence electrons. The maximum atomic E-state index is 13.6. The van der Waals surface area contributed by atoms with Crippen LogP contribution in [0.5, 0.6) is 0 Å². The summed E-state index contributed by atoms with van der Waals surface area (Å²) in [5.41, 5.74) is 6.00. The molecule has 0 bridgehead atoms. The Balaban J connectivity index is 1.91. The third-order valence-electron chi connectivity index (χ3n) is 6.64. The van der Waals surface area contributed by atoms with E-state index in [0.717, 1.165) is 0 Å². The number of halogens is 1. The molecule has 0 aliphatic heterocycles. The van der Waals surface area contributed by atoms with Crippen LogP contribution in [0, 0.1) is 11.3 Å². The SMILES string of the molecule is CC(C)(C)OC(=O)N(C(=O)OC(C)(C)C)c1ncc(-c2ccnc(C(C)(C)C#N)c2)nc1-c1cc(-c2ccc(C(N)CF)cc2)no1. The van der Waals surface area contributed by atoms with Crippen LogP contribution in [0.1, 0.15) is 72.7 Å². The minimum atomic E-state index is -1.04. The Morgan fingerprint density at radius 2 is 1.55 bits per heavy atom. The fraction of sp³-hybridized carbons (Fsp3) is 0.382. The molecule has 0 fully saturated rings. The summed E-state index contributed by atoms with van der Waals surface area (Å²) in [5, 5.41) is 13.8. The zero-order valence-electron chi connectivity index (χ0n) is 27.7. The van der Waals surface area contributed by atoms with Gasteiger partial charge in [0.2, 0.25) is 0 Å². The van der Waals surface area contributed by atoms with Crippen LogP contribution in [0.4, 0.5) is 19.8 Å². The van der Waals surface area contributed by atoms with E-state index in [0.29, 0.717) is 38.7 Å². The van der Waals surface area contributed by atoms with Crippen molar-refractivity contribution in [3.05, 3.63) is 66.1 Å². The van der Waals surface area contributed by atoms with E-state index < -0.39 is 41.5 Å². The zero-order chi connectivity index (χ0) is 34.7. The summed E-state index contributed by atoms with van der Waals surface area (Å²) in [6, 6.07) is 13.3. The molecule has 3 aromatic heterocycles. The summed E-state index contributed by atoms with van der Waals surface area (Å²) in [6.45, 7) is 12.7. The first-order valence-corrected chi connectivity index (χ1v) is 14.8. The lowest BCUT2D eigenvalue weighted by atomic mass is 9.90. The van der Waals surface area contributed by atoms with E-state index in [9.17, 15) is 19.2 Å². The fourth-order valence-corrected chi connectivity index (χ4v) is 4.22. The van der Waals surface area contributed by atoms with Crippen molar-refractivity contribution in [3.8, 4) is 40.0 Å². The van der Waals surface area contributed by atoms with Crippen LogP contribution in [0.15, 0.2) is 59.4 Å². The third-order valence-corrected chi connectivity index (χ3v) is 6.64. The van der Waals surface area contributed by atoms with E-state index in [4.69, 9.17) is 24.7 Å². The van der Waals surface area contributed by atoms with Gasteiger partial charge >= 0.3 is 12.2 Å². The minimum Gasteiger partial charge on any atom is -0.443 e. The summed E-state index contributed by atoms with van der Waals surface area (Å²) < 4.78 is 29.9. The van der Waals surface area contributed by atoms with Gasteiger partial charge in [-0.15, -0.1) is 0 Å². The smallest absolute Gasteiger partial charge is 0.425 e. The lowest BCUT2D eigenvalue weighted by Gasteiger charge is -2.28. The van der Waals surface area contributed by atoms with Crippen molar-refractivity contribution in [2.75, 3.05) is 11.6 Å². The maximum Gasteiger partial charge on any atom is 0.425 e. The molecule has 3 heterocycles. The Kier molecular flexibility index (Phi) is 9.77. The van der Waals surface area contributed by atoms with E-state index in [1.807, 2.05) is 0 Å². The van der Waals surface area contributed by atoms with Gasteiger partial charge in [0.15, 0.2) is 17.3 Å². The number of aromatic nitrogens is 4. The molecule has 0 aliphatic rings. The predicted molar refractivity (Wildman–Crippen MR) is 173 cm³/mol. The van der Waals surface area contributed by atoms with Crippen LogP contribution in [0.25, 0.3) is 34.0 Å². The number of amides is 2. The second kappa shape index (κ2) is 13.3. The highest BCUT2D eigenvalue weighted by Gasteiger charge is 2.37. The number of hydrogen-bond acceptors (Lipinski definition) is 11. The number of nitriles is 1. The number of nitrogens with zero attached hydrogens (tertiary/aromatic N) is 6. The van der Waals surface area contributed by atoms with Crippen molar-refractivity contribution in [2.24, 2.45) is 5.73 Å². The van der Waals surface area contributed by atoms with E-state index in [2.05, 4.69) is 21.2 Å². The Morgan fingerprint density at radius 1 is 0.936 bits per heavy atom. The molecule has 1 aromatic carbocycles. The summed E-state index contributed by atoms with van der Waals surface area (Å²) in [4.78, 5) is 41.4. The quantitative estimate of drug-likeness (QED) is 0.214. The van der Waals surface area contributed by atoms with Crippen LogP contribution in [-0.4, -0.2) is 50.2 Å². The predicted octanol–water partition coefficient (Wildman–Crippen LogP) is 7.31. The van der Waals surface area contributed by atoms with Crippen LogP contribution in [0.2, 0.25) is 0 Å². The highest BCUT2D eigenvalue weighted by Crippen LogP contribution is 2.35. The highest BCUT2D eigenvalue weighted by molar-refractivity contribution is 6.10. The number of alkyl halides is 1. The molecule has 1 unspecified atom stereocenters. The molecule has 47 heavy (non-hydrogen) atoms. The first-order valence-electron chi connectivity index (χ1n) is 14.8. The van der Waals surface area contributed by atoms with Gasteiger partial charge < -0.3 is 19.7 Å². The minimum absolute atomic E-state index is 0.0213. The molecule has 0 saturated heterocycles. The van der Waals surface area contributed by atoms with Crippen molar-refractivity contribution >= 4 is 18.0 Å². The van der Waals surface area contributed by atoms with Crippen LogP contribution >= 0.6 is 0 Å². The van der Waals surface area contributed by atoms with Crippen molar-refractivity contribution in [1.82, 2.24) is 20.1 Å². The summed E-state index contributed by atoms with van der Waals surface area (Å²) >= 11 is 0. The highest BCUT2D eigenvalue weighted by atomic mass is 19.1. The molecule has 0 aliphatic carbocycles. The molecule has 13 heteroatoms. The summed E-state index contributed by atoms with van der Waals surface area (Å²) in [7, 11) is 0. The van der Waals surface area contributed by atoms with Gasteiger partial charge in [0.05, 0.1) is 35.1 Å². The number of nitrogens with two attached hydrogens (primary N) is 1. The monoisotopic (exact) mass is 643 g/mol. The lowest BCUT2D eigenvalue weighted by Crippen LogP contribution is -2.44. The molecule has 4 aromatic rings. The molecule has 0 saturated carbocycles. The van der Waals surface area contributed by atoms with E-state index in [1.165, 1.54) is 6.20 Å². The number of hydrogen-bond donors (Lipinski definition) is 1. The molecule has 2 N–H and O–H groups in total. The average Bonchev–Trinajstić information content (AvgIpc) is 3.49. The Hall–Kier alpha value is -5.22. The van der Waals surface area contributed by atoms with E-state index >= 15 is 0 Å². The zero-order valence-corrected chi connectivity index (χ0v) is 27.7. The van der Waals surface area contributed by atoms with Gasteiger partial charge in [-0.05, 0) is 73.1 Å². The Labute approximate surface area is 272 Å². The van der Waals surface area contributed by atoms with E-state index in [1.54, 1.807) is 104 Å². The number of benzene rings is 1. The van der Waals surface area contributed by atoms with Gasteiger partial charge in [0, 0.05) is 23.4 Å². The number of imide groups is 1. The van der Waals surface area contributed by atoms with E-state index in [-0.39, 0.29) is 17.3 Å². The van der Waals surface area contributed by atoms with Crippen molar-refractivity contribution in [2.45, 2.75) is 78.0 Å². The topological polar surface area (TPSA) is 170 Å². The first kappa shape index (κ1) is 34.6. The number of anilines is 1. The maximum absolute atomic E-state index is 13.6. The van der Waals surface area contributed by atoms with Crippen molar-refractivity contribution in [1.29, 1.82) is 5.26 Å². The van der Waals surface area contributed by atoms with Gasteiger partial charge in [-0.25, -0.2) is 23.9 Å². The van der Waals surface area contributed by atoms with Crippen molar-refractivity contribution < 1.29 is 28.0 Å². The second-order valence-corrected chi connectivity index (χ2v) is 13.3. The van der Waals surface area contributed by atoms with Crippen LogP contribution < -0.4 is 10.6 Å². The van der Waals surface area contributed by atoms with Gasteiger partial charge in [-0.3, -0.25) is 4.98 Å². The number of carbonyl (C=O) groups is 2. The van der Waals surface area contributed by atoms with Crippen LogP contribution in [-0.2, 0) is 14.9 Å². The standard InChI is InChI=1S/C34H38FN7O5/c1-32(2,3)45-30(43)42(31(44)46-33(4,5)6)29-28(26-16-24(41-47-26)21-11-9-20(10-12-21)23(37)17-35)40-25(18-39-29)22-13-14-38-27(15-22)34(7,8)19-36/h9-16,18,23H,17,37H2,1-8H3. The largest absolute Gasteiger partial charge is 0.443 e. The molecule has 12 nitrogen and oxygen atoms in total. The molecule has 0 radical (unpaired) electrons. The molecule has 4 rings (SSSR count). The summed E-state index contributed by atoms with van der Waals surface area (Å²) in [5.74, 6) is -0.159. The van der Waals surface area contributed by atoms with Gasteiger partial charge in [0.1, 0.15) is 23.6 Å². The number of pyridine rings is 1. The molecular formula is C34H38FN7O5.